The van der Waals surface area contributed by atoms with Gasteiger partial charge in [0.15, 0.2) is 0 Å². The molecule has 0 aromatic rings. The van der Waals surface area contributed by atoms with Gasteiger partial charge in [-0.3, -0.25) is 0 Å². The molecule has 0 N–H and O–H groups in total. The quantitative estimate of drug-likeness (QED) is 0.457. The highest BCUT2D eigenvalue weighted by molar-refractivity contribution is 5.28. The molecule has 3 heteroatoms. The second-order valence-electron chi connectivity index (χ2n) is 2.43. The minimum Gasteiger partial charge on any atom is -0.166 e. The van der Waals surface area contributed by atoms with Crippen molar-refractivity contribution in [3.05, 3.63) is 41.7 Å². The lowest BCUT2D eigenvalue weighted by atomic mass is 10.2. The van der Waals surface area contributed by atoms with Crippen LogP contribution in [0, 0.1) is 0 Å². The Bertz CT molecular complexity index is 273. The summed E-state index contributed by atoms with van der Waals surface area (Å²) in [7, 11) is 0. The summed E-state index contributed by atoms with van der Waals surface area (Å²) in [6.07, 6.45) is -0.928. The van der Waals surface area contributed by atoms with Gasteiger partial charge in [-0.15, -0.1) is 5.73 Å². The molecule has 0 aromatic carbocycles. The molecular formula is C10H11F3. The third kappa shape index (κ3) is 4.38. The molecule has 72 valence electrons. The summed E-state index contributed by atoms with van der Waals surface area (Å²) in [6.45, 7) is 6.29. The molecular weight excluding hydrogens is 177 g/mol. The smallest absolute Gasteiger partial charge is 0.166 e. The Morgan fingerprint density at radius 1 is 1.31 bits per heavy atom. The number of rotatable bonds is 2. The van der Waals surface area contributed by atoms with Crippen LogP contribution in [0.3, 0.4) is 0 Å². The lowest BCUT2D eigenvalue weighted by Crippen LogP contribution is -2.09. The van der Waals surface area contributed by atoms with Gasteiger partial charge in [-0.05, 0) is 25.5 Å². The summed E-state index contributed by atoms with van der Waals surface area (Å²) >= 11 is 0. The van der Waals surface area contributed by atoms with E-state index in [4.69, 9.17) is 0 Å². The van der Waals surface area contributed by atoms with Crippen LogP contribution in [0.1, 0.15) is 13.8 Å². The van der Waals surface area contributed by atoms with Crippen LogP contribution < -0.4 is 0 Å². The molecule has 0 aliphatic heterocycles. The maximum atomic E-state index is 12.1. The highest BCUT2D eigenvalue weighted by Gasteiger charge is 2.30. The van der Waals surface area contributed by atoms with E-state index in [9.17, 15) is 13.2 Å². The third-order valence-electron chi connectivity index (χ3n) is 1.43. The lowest BCUT2D eigenvalue weighted by molar-refractivity contribution is -0.0883. The Hall–Kier alpha value is -1.21. The first-order valence-corrected chi connectivity index (χ1v) is 3.70. The maximum absolute atomic E-state index is 12.1. The standard InChI is InChI=1S/C10H11F3/c1-4-8(3)6-7-9(5-2)10(11,12)13/h5-7H,1H2,2-3H3/b7-6-,9-5+. The van der Waals surface area contributed by atoms with Crippen LogP contribution in [0.2, 0.25) is 0 Å². The first-order valence-electron chi connectivity index (χ1n) is 3.70. The highest BCUT2D eigenvalue weighted by Crippen LogP contribution is 2.26. The molecule has 0 radical (unpaired) electrons. The minimum absolute atomic E-state index is 0.573. The molecule has 0 nitrogen and oxygen atoms in total. The summed E-state index contributed by atoms with van der Waals surface area (Å²) in [5.41, 5.74) is 2.39. The van der Waals surface area contributed by atoms with E-state index in [-0.39, 0.29) is 0 Å². The van der Waals surface area contributed by atoms with E-state index < -0.39 is 11.7 Å². The van der Waals surface area contributed by atoms with Crippen molar-refractivity contribution in [1.82, 2.24) is 0 Å². The Balaban J connectivity index is 4.69. The Morgan fingerprint density at radius 2 is 1.85 bits per heavy atom. The molecule has 0 aliphatic carbocycles. The van der Waals surface area contributed by atoms with Crippen LogP contribution in [-0.4, -0.2) is 6.18 Å². The predicted octanol–water partition coefficient (Wildman–Crippen LogP) is 3.78. The van der Waals surface area contributed by atoms with Crippen molar-refractivity contribution < 1.29 is 13.2 Å². The molecule has 0 heterocycles. The monoisotopic (exact) mass is 188 g/mol. The van der Waals surface area contributed by atoms with Gasteiger partial charge in [0.05, 0.1) is 5.57 Å². The summed E-state index contributed by atoms with van der Waals surface area (Å²) in [6, 6.07) is 0. The largest absolute Gasteiger partial charge is 0.416 e. The second kappa shape index (κ2) is 4.73. The third-order valence-corrected chi connectivity index (χ3v) is 1.43. The highest BCUT2D eigenvalue weighted by atomic mass is 19.4. The molecule has 0 rings (SSSR count). The van der Waals surface area contributed by atoms with Gasteiger partial charge < -0.3 is 0 Å². The molecule has 0 fully saturated rings. The van der Waals surface area contributed by atoms with Crippen LogP contribution >= 0.6 is 0 Å². The van der Waals surface area contributed by atoms with Gasteiger partial charge in [0, 0.05) is 0 Å². The maximum Gasteiger partial charge on any atom is 0.416 e. The SMILES string of the molecule is C=C=C(C)/C=C\C(=C/C)C(F)(F)F. The fourth-order valence-electron chi connectivity index (χ4n) is 0.628. The van der Waals surface area contributed by atoms with Gasteiger partial charge in [-0.1, -0.05) is 18.7 Å². The Labute approximate surface area is 75.8 Å². The van der Waals surface area contributed by atoms with E-state index in [0.29, 0.717) is 5.57 Å². The molecule has 0 aliphatic rings. The zero-order valence-electron chi connectivity index (χ0n) is 7.57. The fourth-order valence-corrected chi connectivity index (χ4v) is 0.628. The molecule has 0 saturated carbocycles. The van der Waals surface area contributed by atoms with Gasteiger partial charge in [0.2, 0.25) is 0 Å². The van der Waals surface area contributed by atoms with Crippen LogP contribution in [0.25, 0.3) is 0 Å². The van der Waals surface area contributed by atoms with E-state index in [2.05, 4.69) is 12.3 Å². The van der Waals surface area contributed by atoms with Gasteiger partial charge in [-0.2, -0.15) is 13.2 Å². The summed E-state index contributed by atoms with van der Waals surface area (Å²) in [5.74, 6) is 0. The van der Waals surface area contributed by atoms with Gasteiger partial charge in [0.25, 0.3) is 0 Å². The molecule has 0 saturated heterocycles. The van der Waals surface area contributed by atoms with Crippen molar-refractivity contribution in [3.63, 3.8) is 0 Å². The van der Waals surface area contributed by atoms with E-state index >= 15 is 0 Å². The topological polar surface area (TPSA) is 0 Å². The minimum atomic E-state index is -4.29. The van der Waals surface area contributed by atoms with Crippen LogP contribution in [-0.2, 0) is 0 Å². The summed E-state index contributed by atoms with van der Waals surface area (Å²) < 4.78 is 36.3. The van der Waals surface area contributed by atoms with Gasteiger partial charge >= 0.3 is 6.18 Å². The lowest BCUT2D eigenvalue weighted by Gasteiger charge is -2.05. The first kappa shape index (κ1) is 11.8. The number of hydrogen-bond donors (Lipinski definition) is 0. The average molecular weight is 188 g/mol. The molecule has 0 spiro atoms. The summed E-state index contributed by atoms with van der Waals surface area (Å²) in [4.78, 5) is 0. The Morgan fingerprint density at radius 3 is 2.15 bits per heavy atom. The zero-order chi connectivity index (χ0) is 10.5. The number of alkyl halides is 3. The number of hydrogen-bond acceptors (Lipinski definition) is 0. The van der Waals surface area contributed by atoms with E-state index in [1.54, 1.807) is 6.92 Å². The van der Waals surface area contributed by atoms with Crippen LogP contribution in [0.4, 0.5) is 13.2 Å². The van der Waals surface area contributed by atoms with Crippen molar-refractivity contribution >= 4 is 0 Å². The summed E-state index contributed by atoms with van der Waals surface area (Å²) in [5, 5.41) is 0. The predicted molar refractivity (Wildman–Crippen MR) is 47.3 cm³/mol. The zero-order valence-corrected chi connectivity index (χ0v) is 7.57. The first-order chi connectivity index (χ1) is 5.91. The van der Waals surface area contributed by atoms with E-state index in [1.807, 2.05) is 0 Å². The molecule has 0 aromatic heterocycles. The fraction of sp³-hybridized carbons (Fsp3) is 0.300. The van der Waals surface area contributed by atoms with Crippen LogP contribution in [0.5, 0.6) is 0 Å². The van der Waals surface area contributed by atoms with E-state index in [0.717, 1.165) is 12.2 Å². The molecule has 0 amide bonds. The normalized spacial score (nSPS) is 13.2. The van der Waals surface area contributed by atoms with Crippen molar-refractivity contribution in [2.75, 3.05) is 0 Å². The van der Waals surface area contributed by atoms with Gasteiger partial charge in [0.1, 0.15) is 0 Å². The molecule has 0 unspecified atom stereocenters. The number of halogens is 3. The average Bonchev–Trinajstić information content (AvgIpc) is 2.02. The number of allylic oxidation sites excluding steroid dienone is 5. The van der Waals surface area contributed by atoms with Crippen LogP contribution in [0.15, 0.2) is 41.7 Å². The van der Waals surface area contributed by atoms with Crippen molar-refractivity contribution in [1.29, 1.82) is 0 Å². The van der Waals surface area contributed by atoms with Gasteiger partial charge in [-0.25, -0.2) is 0 Å². The molecule has 13 heavy (non-hydrogen) atoms. The molecule has 0 atom stereocenters. The second-order valence-corrected chi connectivity index (χ2v) is 2.43. The Kier molecular flexibility index (Phi) is 4.29. The van der Waals surface area contributed by atoms with Crippen molar-refractivity contribution in [2.24, 2.45) is 0 Å². The molecule has 0 bridgehead atoms. The van der Waals surface area contributed by atoms with Crippen molar-refractivity contribution in [2.45, 2.75) is 20.0 Å². The van der Waals surface area contributed by atoms with E-state index in [1.165, 1.54) is 13.0 Å². The van der Waals surface area contributed by atoms with Crippen molar-refractivity contribution in [3.8, 4) is 0 Å².